The minimum absolute atomic E-state index is 0. The molecule has 0 fully saturated rings. The summed E-state index contributed by atoms with van der Waals surface area (Å²) in [5.41, 5.74) is 0.807. The van der Waals surface area contributed by atoms with Gasteiger partial charge in [0.15, 0.2) is 0 Å². The minimum atomic E-state index is -0.375. The zero-order valence-electron chi connectivity index (χ0n) is 13.7. The van der Waals surface area contributed by atoms with Crippen molar-refractivity contribution in [2.45, 2.75) is 6.92 Å². The zero-order valence-corrected chi connectivity index (χ0v) is 15.7. The van der Waals surface area contributed by atoms with E-state index in [0.717, 1.165) is 10.8 Å². The number of fused-ring (bicyclic) bond motifs is 1. The van der Waals surface area contributed by atoms with E-state index in [1.807, 2.05) is 43.3 Å². The molecule has 0 aliphatic heterocycles. The average Bonchev–Trinajstić information content (AvgIpc) is 2.56. The Kier molecular flexibility index (Phi) is 6.26. The molecule has 0 saturated carbocycles. The molecule has 2 N–H and O–H groups in total. The smallest absolute Gasteiger partial charge is 0.507 e. The van der Waals surface area contributed by atoms with Crippen molar-refractivity contribution in [3.05, 3.63) is 66.2 Å². The summed E-state index contributed by atoms with van der Waals surface area (Å²) in [7, 11) is 0. The van der Waals surface area contributed by atoms with E-state index in [1.165, 1.54) is 0 Å². The predicted octanol–water partition coefficient (Wildman–Crippen LogP) is 1.20. The van der Waals surface area contributed by atoms with E-state index in [1.54, 1.807) is 24.3 Å². The molecule has 0 aromatic heterocycles. The summed E-state index contributed by atoms with van der Waals surface area (Å²) < 4.78 is 5.50. The zero-order chi connectivity index (χ0) is 16.2. The molecule has 3 aromatic rings. The van der Waals surface area contributed by atoms with E-state index >= 15 is 0 Å². The number of benzene rings is 3. The number of ether oxygens (including phenoxy) is 1. The summed E-state index contributed by atoms with van der Waals surface area (Å²) in [6.45, 7) is 2.39. The maximum Gasteiger partial charge on any atom is 1.00 e. The fourth-order valence-corrected chi connectivity index (χ4v) is 2.45. The van der Waals surface area contributed by atoms with Crippen molar-refractivity contribution in [3.63, 3.8) is 0 Å². The Morgan fingerprint density at radius 1 is 1.04 bits per heavy atom. The van der Waals surface area contributed by atoms with E-state index in [2.05, 4.69) is 5.32 Å². The molecular formula is C19H17NNaO3+. The number of amides is 1. The molecule has 0 unspecified atom stereocenters. The summed E-state index contributed by atoms with van der Waals surface area (Å²) in [6, 6.07) is 18.1. The van der Waals surface area contributed by atoms with Crippen LogP contribution in [0.5, 0.6) is 11.5 Å². The molecule has 0 spiro atoms. The van der Waals surface area contributed by atoms with Gasteiger partial charge in [0.25, 0.3) is 5.91 Å². The second-order valence-corrected chi connectivity index (χ2v) is 5.10. The van der Waals surface area contributed by atoms with Gasteiger partial charge in [-0.3, -0.25) is 4.79 Å². The third-order valence-electron chi connectivity index (χ3n) is 3.54. The van der Waals surface area contributed by atoms with Gasteiger partial charge in [-0.2, -0.15) is 0 Å². The first-order valence-electron chi connectivity index (χ1n) is 7.44. The maximum absolute atomic E-state index is 12.5. The van der Waals surface area contributed by atoms with Gasteiger partial charge in [-0.15, -0.1) is 0 Å². The summed E-state index contributed by atoms with van der Waals surface area (Å²) in [5.74, 6) is 0.180. The summed E-state index contributed by atoms with van der Waals surface area (Å²) >= 11 is 0. The third-order valence-corrected chi connectivity index (χ3v) is 3.54. The molecule has 0 atom stereocenters. The van der Waals surface area contributed by atoms with Crippen LogP contribution in [0.3, 0.4) is 0 Å². The van der Waals surface area contributed by atoms with Crippen LogP contribution >= 0.6 is 0 Å². The molecule has 0 aliphatic rings. The number of phenols is 1. The Balaban J connectivity index is 0.00000208. The van der Waals surface area contributed by atoms with Gasteiger partial charge in [0.2, 0.25) is 0 Å². The molecule has 3 aromatic carbocycles. The van der Waals surface area contributed by atoms with Crippen LogP contribution in [0.15, 0.2) is 60.7 Å². The van der Waals surface area contributed by atoms with Gasteiger partial charge in [-0.25, -0.2) is 0 Å². The molecule has 4 nitrogen and oxygen atoms in total. The Hall–Kier alpha value is -2.01. The molecular weight excluding hydrogens is 313 g/mol. The van der Waals surface area contributed by atoms with Crippen molar-refractivity contribution >= 4 is 22.4 Å². The molecule has 5 heteroatoms. The fourth-order valence-electron chi connectivity index (χ4n) is 2.45. The van der Waals surface area contributed by atoms with E-state index < -0.39 is 0 Å². The van der Waals surface area contributed by atoms with Crippen molar-refractivity contribution in [2.24, 2.45) is 0 Å². The molecule has 0 aliphatic carbocycles. The number of para-hydroxylation sites is 2. The first kappa shape index (κ1) is 18.3. The van der Waals surface area contributed by atoms with Crippen molar-refractivity contribution in [1.82, 2.24) is 0 Å². The molecule has 3 rings (SSSR count). The quantitative estimate of drug-likeness (QED) is 0.707. The fraction of sp³-hybridized carbons (Fsp3) is 0.105. The van der Waals surface area contributed by atoms with E-state index in [0.29, 0.717) is 18.0 Å². The number of carbonyl (C=O) groups excluding carboxylic acids is 1. The predicted molar refractivity (Wildman–Crippen MR) is 91.2 cm³/mol. The van der Waals surface area contributed by atoms with E-state index in [4.69, 9.17) is 4.74 Å². The van der Waals surface area contributed by atoms with Crippen LogP contribution in [0.4, 0.5) is 5.69 Å². The summed E-state index contributed by atoms with van der Waals surface area (Å²) in [4.78, 5) is 12.5. The first-order chi connectivity index (χ1) is 11.2. The molecule has 0 bridgehead atoms. The largest absolute Gasteiger partial charge is 1.00 e. The summed E-state index contributed by atoms with van der Waals surface area (Å²) in [5, 5.41) is 14.7. The van der Waals surface area contributed by atoms with Crippen LogP contribution in [0, 0.1) is 0 Å². The molecule has 1 amide bonds. The molecule has 0 radical (unpaired) electrons. The van der Waals surface area contributed by atoms with Gasteiger partial charge in [0.1, 0.15) is 11.5 Å². The van der Waals surface area contributed by atoms with Gasteiger partial charge in [-0.1, -0.05) is 36.4 Å². The molecule has 0 saturated heterocycles. The van der Waals surface area contributed by atoms with Crippen molar-refractivity contribution < 1.29 is 44.2 Å². The second kappa shape index (κ2) is 8.20. The molecule has 24 heavy (non-hydrogen) atoms. The van der Waals surface area contributed by atoms with E-state index in [9.17, 15) is 9.90 Å². The third kappa shape index (κ3) is 3.90. The second-order valence-electron chi connectivity index (χ2n) is 5.10. The molecule has 0 heterocycles. The average molecular weight is 330 g/mol. The topological polar surface area (TPSA) is 58.6 Å². The van der Waals surface area contributed by atoms with Gasteiger partial charge >= 0.3 is 29.6 Å². The van der Waals surface area contributed by atoms with Crippen LogP contribution in [0.25, 0.3) is 10.8 Å². The minimum Gasteiger partial charge on any atom is -0.507 e. The maximum atomic E-state index is 12.5. The number of hydrogen-bond donors (Lipinski definition) is 2. The SMILES string of the molecule is CCOc1ccccc1NC(=O)c1cc2ccccc2cc1O.[Na+]. The number of hydrogen-bond acceptors (Lipinski definition) is 3. The number of rotatable bonds is 4. The Morgan fingerprint density at radius 2 is 1.67 bits per heavy atom. The van der Waals surface area contributed by atoms with Crippen LogP contribution in [0.2, 0.25) is 0 Å². The Bertz CT molecular complexity index is 864. The van der Waals surface area contributed by atoms with Gasteiger partial charge in [0.05, 0.1) is 17.9 Å². The summed E-state index contributed by atoms with van der Waals surface area (Å²) in [6.07, 6.45) is 0. The molecule has 116 valence electrons. The number of aromatic hydroxyl groups is 1. The van der Waals surface area contributed by atoms with Crippen LogP contribution in [-0.2, 0) is 0 Å². The van der Waals surface area contributed by atoms with Gasteiger partial charge in [0, 0.05) is 0 Å². The van der Waals surface area contributed by atoms with Crippen LogP contribution < -0.4 is 39.6 Å². The Labute approximate surface area is 162 Å². The number of anilines is 1. The van der Waals surface area contributed by atoms with Crippen LogP contribution in [-0.4, -0.2) is 17.6 Å². The van der Waals surface area contributed by atoms with Crippen LogP contribution in [0.1, 0.15) is 17.3 Å². The van der Waals surface area contributed by atoms with Crippen molar-refractivity contribution in [1.29, 1.82) is 0 Å². The van der Waals surface area contributed by atoms with Crippen molar-refractivity contribution in [3.8, 4) is 11.5 Å². The number of nitrogens with one attached hydrogen (secondary N) is 1. The normalized spacial score (nSPS) is 10.0. The number of carbonyl (C=O) groups is 1. The van der Waals surface area contributed by atoms with Gasteiger partial charge in [-0.05, 0) is 42.0 Å². The van der Waals surface area contributed by atoms with Crippen molar-refractivity contribution in [2.75, 3.05) is 11.9 Å². The Morgan fingerprint density at radius 3 is 2.38 bits per heavy atom. The van der Waals surface area contributed by atoms with E-state index in [-0.39, 0.29) is 46.8 Å². The van der Waals surface area contributed by atoms with Gasteiger partial charge < -0.3 is 15.2 Å². The number of phenolic OH excluding ortho intramolecular Hbond substituents is 1. The standard InChI is InChI=1S/C19H17NO3.Na/c1-2-23-18-10-6-5-9-16(18)20-19(22)15-11-13-7-3-4-8-14(13)12-17(15)21;/h3-12,21H,2H2,1H3,(H,20,22);/q;+1. The monoisotopic (exact) mass is 330 g/mol. The first-order valence-corrected chi connectivity index (χ1v) is 7.44.